The maximum absolute atomic E-state index is 2.51. The van der Waals surface area contributed by atoms with E-state index in [9.17, 15) is 0 Å². The van der Waals surface area contributed by atoms with Crippen LogP contribution >= 0.6 is 11.3 Å². The predicted octanol–water partition coefficient (Wildman–Crippen LogP) is 12.7. The normalized spacial score (nSPS) is 17.8. The zero-order chi connectivity index (χ0) is 31.5. The van der Waals surface area contributed by atoms with Crippen LogP contribution in [0.4, 0.5) is 11.4 Å². The van der Waals surface area contributed by atoms with Gasteiger partial charge in [-0.3, -0.25) is 0 Å². The molecule has 9 rings (SSSR count). The summed E-state index contributed by atoms with van der Waals surface area (Å²) in [4.78, 5) is 2.51. The minimum atomic E-state index is -0.0170. The van der Waals surface area contributed by atoms with Crippen molar-refractivity contribution in [2.24, 2.45) is 5.92 Å². The standard InChI is InChI=1S/C45H35NS/c1-45(2)40-19-8-6-14-36(40)38-17-11-20-41(43(38)45)46(33-26-22-31(23-27-33)30-12-4-3-5-13-30)34-28-24-32(25-29-34)35-16-10-18-39-37-15-7-9-21-42(37)47-44(35)39/h3-29,38,43H,1-2H3. The lowest BCUT2D eigenvalue weighted by Gasteiger charge is -2.40. The number of rotatable bonds is 5. The van der Waals surface area contributed by atoms with Crippen molar-refractivity contribution in [2.45, 2.75) is 25.2 Å². The third kappa shape index (κ3) is 4.51. The minimum Gasteiger partial charge on any atom is -0.314 e. The van der Waals surface area contributed by atoms with Gasteiger partial charge < -0.3 is 4.90 Å². The Bertz CT molecular complexity index is 2320. The smallest absolute Gasteiger partial charge is 0.0458 e. The Morgan fingerprint density at radius 1 is 0.574 bits per heavy atom. The summed E-state index contributed by atoms with van der Waals surface area (Å²) in [7, 11) is 0. The summed E-state index contributed by atoms with van der Waals surface area (Å²) in [5.41, 5.74) is 11.6. The molecule has 0 saturated carbocycles. The second kappa shape index (κ2) is 11.0. The molecule has 2 atom stereocenters. The van der Waals surface area contributed by atoms with Crippen LogP contribution in [0.2, 0.25) is 0 Å². The maximum atomic E-state index is 2.51. The van der Waals surface area contributed by atoms with Crippen LogP contribution in [0.5, 0.6) is 0 Å². The van der Waals surface area contributed by atoms with Crippen LogP contribution in [-0.4, -0.2) is 0 Å². The molecule has 0 amide bonds. The van der Waals surface area contributed by atoms with Gasteiger partial charge >= 0.3 is 0 Å². The summed E-state index contributed by atoms with van der Waals surface area (Å²) in [5, 5.41) is 2.67. The van der Waals surface area contributed by atoms with Gasteiger partial charge in [0.1, 0.15) is 0 Å². The van der Waals surface area contributed by atoms with E-state index in [0.29, 0.717) is 11.8 Å². The summed E-state index contributed by atoms with van der Waals surface area (Å²) in [6.45, 7) is 4.85. The molecule has 226 valence electrons. The highest BCUT2D eigenvalue weighted by atomic mass is 32.1. The molecular formula is C45H35NS. The number of allylic oxidation sites excluding steroid dienone is 4. The fourth-order valence-electron chi connectivity index (χ4n) is 8.18. The number of nitrogens with zero attached hydrogens (tertiary/aromatic N) is 1. The third-order valence-corrected chi connectivity index (χ3v) is 11.6. The quantitative estimate of drug-likeness (QED) is 0.185. The molecule has 47 heavy (non-hydrogen) atoms. The summed E-state index contributed by atoms with van der Waals surface area (Å²) in [6.07, 6.45) is 7.04. The first-order chi connectivity index (χ1) is 23.1. The fraction of sp³-hybridized carbons (Fsp3) is 0.111. The van der Waals surface area contributed by atoms with Crippen molar-refractivity contribution in [1.29, 1.82) is 0 Å². The first kappa shape index (κ1) is 28.1. The molecule has 1 nitrogen and oxygen atoms in total. The molecule has 0 fully saturated rings. The van der Waals surface area contributed by atoms with Gasteiger partial charge in [-0.1, -0.05) is 141 Å². The zero-order valence-corrected chi connectivity index (χ0v) is 27.4. The van der Waals surface area contributed by atoms with Crippen molar-refractivity contribution in [2.75, 3.05) is 4.90 Å². The molecule has 1 heterocycles. The lowest BCUT2D eigenvalue weighted by atomic mass is 9.72. The van der Waals surface area contributed by atoms with E-state index in [-0.39, 0.29) is 5.41 Å². The van der Waals surface area contributed by atoms with Crippen molar-refractivity contribution in [1.82, 2.24) is 0 Å². The van der Waals surface area contributed by atoms with Gasteiger partial charge in [-0.2, -0.15) is 0 Å². The number of hydrogen-bond acceptors (Lipinski definition) is 2. The summed E-state index contributed by atoms with van der Waals surface area (Å²) >= 11 is 1.89. The predicted molar refractivity (Wildman–Crippen MR) is 202 cm³/mol. The van der Waals surface area contributed by atoms with Gasteiger partial charge in [0.2, 0.25) is 0 Å². The molecular weight excluding hydrogens is 587 g/mol. The van der Waals surface area contributed by atoms with Crippen LogP contribution in [0.1, 0.15) is 30.9 Å². The van der Waals surface area contributed by atoms with Gasteiger partial charge in [0.25, 0.3) is 0 Å². The molecule has 2 unspecified atom stereocenters. The van der Waals surface area contributed by atoms with Crippen LogP contribution in [0.3, 0.4) is 0 Å². The van der Waals surface area contributed by atoms with Crippen molar-refractivity contribution in [3.8, 4) is 22.3 Å². The molecule has 1 aromatic heterocycles. The van der Waals surface area contributed by atoms with Crippen LogP contribution < -0.4 is 4.90 Å². The molecule has 0 bridgehead atoms. The number of benzene rings is 6. The Kier molecular flexibility index (Phi) is 6.55. The topological polar surface area (TPSA) is 3.24 Å². The van der Waals surface area contributed by atoms with E-state index in [1.54, 1.807) is 0 Å². The lowest BCUT2D eigenvalue weighted by molar-refractivity contribution is 0.371. The van der Waals surface area contributed by atoms with E-state index in [2.05, 4.69) is 183 Å². The Morgan fingerprint density at radius 3 is 2.00 bits per heavy atom. The van der Waals surface area contributed by atoms with Gasteiger partial charge in [0.05, 0.1) is 0 Å². The number of anilines is 2. The average molecular weight is 622 g/mol. The van der Waals surface area contributed by atoms with Crippen molar-refractivity contribution in [3.05, 3.63) is 181 Å². The first-order valence-electron chi connectivity index (χ1n) is 16.5. The monoisotopic (exact) mass is 621 g/mol. The first-order valence-corrected chi connectivity index (χ1v) is 17.3. The molecule has 0 radical (unpaired) electrons. The molecule has 2 heteroatoms. The Balaban J connectivity index is 1.16. The molecule has 7 aromatic rings. The third-order valence-electron chi connectivity index (χ3n) is 10.4. The number of thiophene rings is 1. The van der Waals surface area contributed by atoms with Crippen LogP contribution in [0.25, 0.3) is 42.4 Å². The fourth-order valence-corrected chi connectivity index (χ4v) is 9.41. The summed E-state index contributed by atoms with van der Waals surface area (Å²) in [5.74, 6) is 0.655. The highest BCUT2D eigenvalue weighted by molar-refractivity contribution is 7.26. The second-order valence-corrected chi connectivity index (χ2v) is 14.4. The highest BCUT2D eigenvalue weighted by Gasteiger charge is 2.49. The summed E-state index contributed by atoms with van der Waals surface area (Å²) in [6, 6.07) is 53.5. The van der Waals surface area contributed by atoms with Crippen molar-refractivity contribution < 1.29 is 0 Å². The van der Waals surface area contributed by atoms with E-state index in [4.69, 9.17) is 0 Å². The summed E-state index contributed by atoms with van der Waals surface area (Å²) < 4.78 is 2.69. The minimum absolute atomic E-state index is 0.0170. The van der Waals surface area contributed by atoms with Gasteiger partial charge in [-0.15, -0.1) is 11.3 Å². The molecule has 2 aliphatic carbocycles. The van der Waals surface area contributed by atoms with E-state index >= 15 is 0 Å². The Hall–Kier alpha value is -5.18. The molecule has 0 spiro atoms. The van der Waals surface area contributed by atoms with Gasteiger partial charge in [0, 0.05) is 49.1 Å². The Morgan fingerprint density at radius 2 is 1.21 bits per heavy atom. The van der Waals surface area contributed by atoms with E-state index in [1.807, 2.05) is 11.3 Å². The van der Waals surface area contributed by atoms with E-state index in [0.717, 1.165) is 0 Å². The second-order valence-electron chi connectivity index (χ2n) is 13.4. The molecule has 6 aromatic carbocycles. The van der Waals surface area contributed by atoms with Gasteiger partial charge in [-0.05, 0) is 75.2 Å². The van der Waals surface area contributed by atoms with Crippen LogP contribution in [0.15, 0.2) is 170 Å². The highest BCUT2D eigenvalue weighted by Crippen LogP contribution is 2.57. The number of fused-ring (bicyclic) bond motifs is 6. The SMILES string of the molecule is CC1(C)c2ccccc2C2C=CC=C(N(c3ccc(-c4ccccc4)cc3)c3ccc(-c4cccc5c4sc4ccccc45)cc3)C21. The van der Waals surface area contributed by atoms with Crippen molar-refractivity contribution >= 4 is 42.9 Å². The zero-order valence-electron chi connectivity index (χ0n) is 26.6. The maximum Gasteiger partial charge on any atom is 0.0458 e. The average Bonchev–Trinajstić information content (AvgIpc) is 3.62. The molecule has 0 saturated heterocycles. The molecule has 0 aliphatic heterocycles. The van der Waals surface area contributed by atoms with Crippen molar-refractivity contribution in [3.63, 3.8) is 0 Å². The largest absolute Gasteiger partial charge is 0.314 e. The van der Waals surface area contributed by atoms with E-state index < -0.39 is 0 Å². The lowest BCUT2D eigenvalue weighted by Crippen LogP contribution is -2.35. The van der Waals surface area contributed by atoms with Gasteiger partial charge in [0.15, 0.2) is 0 Å². The Labute approximate surface area is 280 Å². The molecule has 2 aliphatic rings. The number of hydrogen-bond donors (Lipinski definition) is 0. The van der Waals surface area contributed by atoms with E-state index in [1.165, 1.54) is 70.6 Å². The van der Waals surface area contributed by atoms with Crippen LogP contribution in [0, 0.1) is 5.92 Å². The molecule has 0 N–H and O–H groups in total. The van der Waals surface area contributed by atoms with Gasteiger partial charge in [-0.25, -0.2) is 0 Å². The van der Waals surface area contributed by atoms with Crippen LogP contribution in [-0.2, 0) is 5.41 Å².